The van der Waals surface area contributed by atoms with Crippen LogP contribution in [0.5, 0.6) is 0 Å². The average Bonchev–Trinajstić information content (AvgIpc) is 2.63. The zero-order valence-corrected chi connectivity index (χ0v) is 18.4. The molecule has 0 rings (SSSR count). The smallest absolute Gasteiger partial charge is 0.377 e. The molecule has 184 valence electrons. The van der Waals surface area contributed by atoms with Gasteiger partial charge >= 0.3 is 44.6 Å². The fourth-order valence-electron chi connectivity index (χ4n) is 1.83. The normalized spacial score (nSPS) is 15.1. The summed E-state index contributed by atoms with van der Waals surface area (Å²) in [5.41, 5.74) is 0. The Kier molecular flexibility index (Phi) is 10.4. The summed E-state index contributed by atoms with van der Waals surface area (Å²) in [4.78, 5) is 0. The first-order chi connectivity index (χ1) is 13.1. The van der Waals surface area contributed by atoms with Crippen molar-refractivity contribution in [2.75, 3.05) is 21.3 Å². The van der Waals surface area contributed by atoms with Crippen molar-refractivity contribution in [3.8, 4) is 0 Å². The second kappa shape index (κ2) is 9.86. The predicted octanol–water partition coefficient (Wildman–Crippen LogP) is 4.23. The van der Waals surface area contributed by atoms with Crippen molar-refractivity contribution in [2.24, 2.45) is 0 Å². The number of hydrogen-bond acceptors (Lipinski definition) is 3. The fraction of sp³-hybridized carbons (Fsp3) is 1.00. The zero-order valence-electron chi connectivity index (χ0n) is 15.4. The van der Waals surface area contributed by atoms with Gasteiger partial charge in [-0.25, -0.2) is 0 Å². The Morgan fingerprint density at radius 1 is 0.567 bits per heavy atom. The van der Waals surface area contributed by atoms with Crippen LogP contribution in [0.25, 0.3) is 0 Å². The van der Waals surface area contributed by atoms with E-state index in [1.807, 2.05) is 0 Å². The van der Waals surface area contributed by atoms with E-state index < -0.39 is 57.1 Å². The summed E-state index contributed by atoms with van der Waals surface area (Å²) in [5.74, 6) is -37.0. The summed E-state index contributed by atoms with van der Waals surface area (Å²) in [6.45, 7) is 0. The average molecular weight is 518 g/mol. The van der Waals surface area contributed by atoms with Gasteiger partial charge in [0.05, 0.1) is 0 Å². The second-order valence-corrected chi connectivity index (χ2v) is 8.39. The molecule has 0 saturated carbocycles. The van der Waals surface area contributed by atoms with Crippen molar-refractivity contribution in [1.29, 1.82) is 0 Å². The lowest BCUT2D eigenvalue weighted by Gasteiger charge is -2.40. The van der Waals surface area contributed by atoms with E-state index in [9.17, 15) is 61.2 Å². The first-order valence-electron chi connectivity index (χ1n) is 7.13. The number of hydrogen-bond donors (Lipinski definition) is 0. The summed E-state index contributed by atoms with van der Waals surface area (Å²) in [6, 6.07) is -1.39. The van der Waals surface area contributed by atoms with Gasteiger partial charge in [-0.2, -0.15) is 57.1 Å². The van der Waals surface area contributed by atoms with Gasteiger partial charge in [-0.1, -0.05) is 0 Å². The summed E-state index contributed by atoms with van der Waals surface area (Å²) >= 11 is 0. The van der Waals surface area contributed by atoms with Crippen LogP contribution < -0.4 is 0 Å². The first kappa shape index (κ1) is 31.5. The molecule has 0 fully saturated rings. The molecule has 0 aromatic carbocycles. The maximum absolute atomic E-state index is 13.6. The van der Waals surface area contributed by atoms with Crippen LogP contribution in [0.3, 0.4) is 0 Å². The van der Waals surface area contributed by atoms with Gasteiger partial charge in [0.25, 0.3) is 0 Å². The number of alkyl halides is 13. The Balaban J connectivity index is 0. The molecule has 0 aliphatic carbocycles. The lowest BCUT2D eigenvalue weighted by molar-refractivity contribution is -0.440. The summed E-state index contributed by atoms with van der Waals surface area (Å²) in [7, 11) is -2.01. The van der Waals surface area contributed by atoms with Crippen LogP contribution in [0.2, 0.25) is 6.04 Å². The van der Waals surface area contributed by atoms with E-state index in [1.54, 1.807) is 0 Å². The summed E-state index contributed by atoms with van der Waals surface area (Å²) < 4.78 is 191. The van der Waals surface area contributed by atoms with Gasteiger partial charge in [-0.15, -0.1) is 0 Å². The Morgan fingerprint density at radius 3 is 1.13 bits per heavy atom. The molecule has 0 radical (unpaired) electrons. The molecule has 0 unspecified atom stereocenters. The van der Waals surface area contributed by atoms with Gasteiger partial charge in [0, 0.05) is 33.8 Å². The molecule has 30 heavy (non-hydrogen) atoms. The molecule has 0 N–H and O–H groups in total. The van der Waals surface area contributed by atoms with Crippen LogP contribution in [0.4, 0.5) is 61.2 Å². The number of rotatable bonds is 10. The quantitative estimate of drug-likeness (QED) is 0.246. The molecule has 3 nitrogen and oxygen atoms in total. The highest BCUT2D eigenvalue weighted by Gasteiger charge is 2.90. The third kappa shape index (κ3) is 5.21. The van der Waals surface area contributed by atoms with E-state index in [-0.39, 0.29) is 10.6 Å². The van der Waals surface area contributed by atoms with Gasteiger partial charge in [-0.3, -0.25) is 0 Å². The van der Waals surface area contributed by atoms with E-state index >= 15 is 0 Å². The highest BCUT2D eigenvalue weighted by atomic mass is 28.4. The first-order valence-corrected chi connectivity index (χ1v) is 9.82. The molecule has 19 heteroatoms. The van der Waals surface area contributed by atoms with Gasteiger partial charge in [0.2, 0.25) is 10.6 Å². The molecule has 0 spiro atoms. The van der Waals surface area contributed by atoms with E-state index in [0.29, 0.717) is 0 Å². The lowest BCUT2D eigenvalue weighted by Crippen LogP contribution is -2.70. The van der Waals surface area contributed by atoms with Crippen LogP contribution in [0, 0.1) is 0 Å². The Morgan fingerprint density at radius 2 is 0.867 bits per heavy atom. The minimum atomic E-state index is -7.91. The molecule has 0 heterocycles. The molecule has 0 aromatic rings. The third-order valence-corrected chi connectivity index (χ3v) is 6.40. The highest BCUT2D eigenvalue weighted by Crippen LogP contribution is 2.60. The van der Waals surface area contributed by atoms with E-state index in [4.69, 9.17) is 0 Å². The van der Waals surface area contributed by atoms with Crippen LogP contribution in [-0.4, -0.2) is 76.5 Å². The lowest BCUT2D eigenvalue weighted by atomic mass is 9.93. The van der Waals surface area contributed by atoms with Crippen LogP contribution >= 0.6 is 0 Å². The standard InChI is InChI=1S/C11H13F13O3Si.FH3Si/c1-25-28(26-2,27-3)5-4-6(12,13)7(14,15)8(16,17)9(18,19)10(20,21)11(22,23)24;1-2/h4-5H2,1-3H3;2H3. The van der Waals surface area contributed by atoms with Crippen molar-refractivity contribution >= 4 is 19.4 Å². The van der Waals surface area contributed by atoms with Gasteiger partial charge in [0.1, 0.15) is 0 Å². The SMILES string of the molecule is CO[Si](CCC(F)(F)C(F)(F)C(F)(F)C(F)(F)C(F)(F)C(F)(F)F)(OC)OC.F[SiH3]. The Bertz CT molecular complexity index is 527. The molecule has 0 atom stereocenters. The van der Waals surface area contributed by atoms with Crippen molar-refractivity contribution in [3.63, 3.8) is 0 Å². The van der Waals surface area contributed by atoms with Crippen LogP contribution in [-0.2, 0) is 13.3 Å². The monoisotopic (exact) mass is 518 g/mol. The molecule has 0 aliphatic heterocycles. The molecule has 0 bridgehead atoms. The topological polar surface area (TPSA) is 27.7 Å². The van der Waals surface area contributed by atoms with Crippen LogP contribution in [0.1, 0.15) is 6.42 Å². The van der Waals surface area contributed by atoms with Crippen LogP contribution in [0.15, 0.2) is 0 Å². The molecule has 0 amide bonds. The third-order valence-electron chi connectivity index (χ3n) is 3.68. The molecule has 0 aromatic heterocycles. The largest absolute Gasteiger partial charge is 0.500 e. The molecule has 0 aliphatic rings. The Labute approximate surface area is 164 Å². The van der Waals surface area contributed by atoms with Crippen molar-refractivity contribution < 1.29 is 74.5 Å². The maximum atomic E-state index is 13.6. The molecular weight excluding hydrogens is 502 g/mol. The maximum Gasteiger partial charge on any atom is 0.500 e. The highest BCUT2D eigenvalue weighted by molar-refractivity contribution is 6.60. The zero-order chi connectivity index (χ0) is 25.0. The summed E-state index contributed by atoms with van der Waals surface area (Å²) in [5, 5.41) is 0. The summed E-state index contributed by atoms with van der Waals surface area (Å²) in [6.07, 6.45) is -9.86. The predicted molar refractivity (Wildman–Crippen MR) is 78.0 cm³/mol. The van der Waals surface area contributed by atoms with Crippen molar-refractivity contribution in [1.82, 2.24) is 0 Å². The van der Waals surface area contributed by atoms with Crippen molar-refractivity contribution in [3.05, 3.63) is 0 Å². The van der Waals surface area contributed by atoms with Gasteiger partial charge < -0.3 is 17.4 Å². The minimum absolute atomic E-state index is 0.194. The minimum Gasteiger partial charge on any atom is -0.377 e. The second-order valence-electron chi connectivity index (χ2n) is 5.30. The van der Waals surface area contributed by atoms with Gasteiger partial charge in [-0.05, 0) is 0 Å². The number of halogens is 14. The fourth-order valence-corrected chi connectivity index (χ4v) is 3.56. The van der Waals surface area contributed by atoms with E-state index in [0.717, 1.165) is 21.3 Å². The molecule has 0 saturated heterocycles. The van der Waals surface area contributed by atoms with E-state index in [1.165, 1.54) is 0 Å². The van der Waals surface area contributed by atoms with Gasteiger partial charge in [0.15, 0.2) is 0 Å². The van der Waals surface area contributed by atoms with E-state index in [2.05, 4.69) is 13.3 Å². The Hall–Kier alpha value is -0.666. The molecular formula is C11H16F14O3Si2. The van der Waals surface area contributed by atoms with Crippen molar-refractivity contribution in [2.45, 2.75) is 48.3 Å².